The molecule has 0 saturated carbocycles. The van der Waals surface area contributed by atoms with Crippen molar-refractivity contribution in [1.82, 2.24) is 4.90 Å². The molecule has 11 atom stereocenters. The van der Waals surface area contributed by atoms with Crippen LogP contribution in [0, 0.1) is 36.5 Å². The molecule has 0 radical (unpaired) electrons. The van der Waals surface area contributed by atoms with Gasteiger partial charge in [-0.2, -0.15) is 0 Å². The molecule has 62 heavy (non-hydrogen) atoms. The summed E-state index contributed by atoms with van der Waals surface area (Å²) >= 11 is 0. The van der Waals surface area contributed by atoms with Crippen LogP contribution in [0.1, 0.15) is 110 Å². The highest BCUT2D eigenvalue weighted by molar-refractivity contribution is 6.19. The van der Waals surface area contributed by atoms with Gasteiger partial charge in [0.15, 0.2) is 11.4 Å². The molecule has 14 nitrogen and oxygen atoms in total. The summed E-state index contributed by atoms with van der Waals surface area (Å²) in [4.78, 5) is 54.5. The lowest BCUT2D eigenvalue weighted by Crippen LogP contribution is -2.49. The number of aromatic hydroxyl groups is 2. The Bertz CT molecular complexity index is 2360. The topological polar surface area (TPSA) is 189 Å². The van der Waals surface area contributed by atoms with Crippen LogP contribution in [-0.4, -0.2) is 93.4 Å². The van der Waals surface area contributed by atoms with Gasteiger partial charge in [-0.1, -0.05) is 59.8 Å². The number of phenols is 2. The monoisotopic (exact) mass is 856 g/mol. The first-order valence-electron chi connectivity index (χ1n) is 22.2. The number of anilines is 1. The van der Waals surface area contributed by atoms with Crippen molar-refractivity contribution in [2.24, 2.45) is 39.6 Å². The van der Waals surface area contributed by atoms with E-state index in [9.17, 15) is 29.7 Å². The van der Waals surface area contributed by atoms with E-state index in [2.05, 4.69) is 17.1 Å². The number of aliphatic hydroxyl groups is 1. The molecule has 336 valence electrons. The number of ether oxygens (including phenoxy) is 4. The number of carbonyl (C=O) groups excluding carboxylic acids is 3. The number of esters is 1. The fraction of sp³-hybridized carbons (Fsp3) is 0.604. The van der Waals surface area contributed by atoms with Gasteiger partial charge >= 0.3 is 11.8 Å². The van der Waals surface area contributed by atoms with Gasteiger partial charge in [0.25, 0.3) is 11.7 Å². The summed E-state index contributed by atoms with van der Waals surface area (Å²) in [6.45, 7) is 19.0. The summed E-state index contributed by atoms with van der Waals surface area (Å²) in [6, 6.07) is 0.486. The molecule has 1 spiro atoms. The lowest BCUT2D eigenvalue weighted by Gasteiger charge is -2.41. The van der Waals surface area contributed by atoms with Crippen LogP contribution in [0.5, 0.6) is 17.2 Å². The van der Waals surface area contributed by atoms with Crippen molar-refractivity contribution >= 4 is 34.1 Å². The third kappa shape index (κ3) is 7.69. The number of allylic oxidation sites excluding steroid dienone is 3. The minimum absolute atomic E-state index is 0.00121. The number of benzene rings is 2. The molecule has 2 unspecified atom stereocenters. The number of hydrogen-bond acceptors (Lipinski definition) is 13. The van der Waals surface area contributed by atoms with E-state index in [4.69, 9.17) is 28.9 Å². The van der Waals surface area contributed by atoms with Gasteiger partial charge in [-0.3, -0.25) is 29.3 Å². The van der Waals surface area contributed by atoms with E-state index in [-0.39, 0.29) is 79.6 Å². The second kappa shape index (κ2) is 17.1. The first-order valence-corrected chi connectivity index (χ1v) is 22.2. The van der Waals surface area contributed by atoms with Crippen LogP contribution in [0.25, 0.3) is 10.8 Å². The van der Waals surface area contributed by atoms with Crippen LogP contribution in [0.3, 0.4) is 0 Å². The quantitative estimate of drug-likeness (QED) is 0.199. The Kier molecular flexibility index (Phi) is 12.4. The second-order valence-electron chi connectivity index (χ2n) is 18.7. The van der Waals surface area contributed by atoms with Crippen LogP contribution in [-0.2, 0) is 23.8 Å². The smallest absolute Gasteiger partial charge is 0.312 e. The molecular weight excluding hydrogens is 793 g/mol. The lowest BCUT2D eigenvalue weighted by atomic mass is 9.75. The Labute approximate surface area is 363 Å². The molecule has 6 bridgehead atoms. The zero-order chi connectivity index (χ0) is 45.2. The molecule has 0 aromatic heterocycles. The number of Topliss-reactive ketones (excluding diaryl/α,β-unsaturated/α-hetero) is 1. The molecule has 2 aromatic rings. The van der Waals surface area contributed by atoms with Crippen molar-refractivity contribution in [2.45, 2.75) is 143 Å². The number of carbonyl (C=O) groups is 3. The predicted molar refractivity (Wildman–Crippen MR) is 233 cm³/mol. The summed E-state index contributed by atoms with van der Waals surface area (Å²) in [5, 5.41) is 39.4. The van der Waals surface area contributed by atoms with Crippen molar-refractivity contribution in [1.29, 1.82) is 0 Å². The van der Waals surface area contributed by atoms with Crippen molar-refractivity contribution < 1.29 is 48.7 Å². The summed E-state index contributed by atoms with van der Waals surface area (Å²) in [5.74, 6) is -5.48. The Hall–Kier alpha value is -4.79. The van der Waals surface area contributed by atoms with Gasteiger partial charge in [-0.25, -0.2) is 0 Å². The number of nitrogens with zero attached hydrogens (tertiary/aromatic N) is 3. The number of piperidine rings is 1. The van der Waals surface area contributed by atoms with Gasteiger partial charge in [0.2, 0.25) is 0 Å². The van der Waals surface area contributed by atoms with E-state index in [1.54, 1.807) is 32.1 Å². The number of phenolic OH excluding ortho intramolecular Hbond substituents is 2. The predicted octanol–water partition coefficient (Wildman–Crippen LogP) is 6.31. The maximum Gasteiger partial charge on any atom is 0.312 e. The van der Waals surface area contributed by atoms with Gasteiger partial charge in [0, 0.05) is 74.2 Å². The van der Waals surface area contributed by atoms with E-state index in [1.807, 2.05) is 40.7 Å². The summed E-state index contributed by atoms with van der Waals surface area (Å²) in [5.41, 5.74) is -0.323. The van der Waals surface area contributed by atoms with Crippen LogP contribution in [0.4, 0.5) is 5.69 Å². The van der Waals surface area contributed by atoms with E-state index in [1.165, 1.54) is 27.2 Å². The molecule has 2 fully saturated rings. The fourth-order valence-electron chi connectivity index (χ4n) is 10.6. The van der Waals surface area contributed by atoms with Crippen molar-refractivity contribution in [3.05, 3.63) is 58.0 Å². The zero-order valence-corrected chi connectivity index (χ0v) is 37.9. The Balaban J connectivity index is 1.41. The minimum atomic E-state index is -1.93. The van der Waals surface area contributed by atoms with Crippen LogP contribution < -0.4 is 20.8 Å². The Morgan fingerprint density at radius 2 is 1.61 bits per heavy atom. The van der Waals surface area contributed by atoms with E-state index < -0.39 is 65.0 Å². The standard InChI is InChI=1S/C48H64N4O10/c1-12-19-52-31-16-17-32(52)22-48(21-31)50-37-34-35-41(55)29(8)44-36(34)45(57)47(10,62-44)60-20-18-33(59-11)27(6)43(61-30(9)53)28(7)40(54)26(5)25(4)23(2)14-13-15-24(3)46(58)49-39(42(35)56)38(37)51-48/h13-15,18,20,23,25-28,31-33,40,43,54-56H,12,16-17,19,21-22H2,1-11H3,(H,49,58)/b14-13+,20-18+,24-15-/t23-,25-,26+,27+,28+,31?,32?,33-,40+,43+,47-,48?/m0/s1. The average Bonchev–Trinajstić information content (AvgIpc) is 3.81. The van der Waals surface area contributed by atoms with E-state index in [0.29, 0.717) is 18.4 Å². The third-order valence-corrected chi connectivity index (χ3v) is 14.6. The molecule has 14 heteroatoms. The molecule has 5 aliphatic heterocycles. The zero-order valence-electron chi connectivity index (χ0n) is 37.9. The number of hydrogen-bond donors (Lipinski definition) is 4. The van der Waals surface area contributed by atoms with Crippen LogP contribution >= 0.6 is 0 Å². The highest BCUT2D eigenvalue weighted by Crippen LogP contribution is 2.51. The Morgan fingerprint density at radius 3 is 2.24 bits per heavy atom. The number of nitrogens with one attached hydrogen (secondary N) is 1. The number of ketones is 1. The largest absolute Gasteiger partial charge is 0.507 e. The molecule has 7 rings (SSSR count). The van der Waals surface area contributed by atoms with E-state index in [0.717, 1.165) is 25.8 Å². The van der Waals surface area contributed by atoms with Crippen molar-refractivity contribution in [3.8, 4) is 17.2 Å². The molecule has 2 saturated heterocycles. The molecule has 5 heterocycles. The molecule has 5 aliphatic rings. The summed E-state index contributed by atoms with van der Waals surface area (Å²) in [7, 11) is 1.51. The molecule has 2 aromatic carbocycles. The first-order chi connectivity index (χ1) is 29.3. The number of rotatable bonds is 4. The molecule has 0 aliphatic carbocycles. The van der Waals surface area contributed by atoms with Crippen LogP contribution in [0.15, 0.2) is 46.1 Å². The lowest BCUT2D eigenvalue weighted by molar-refractivity contribution is -0.159. The first kappa shape index (κ1) is 45.2. The van der Waals surface area contributed by atoms with Crippen LogP contribution in [0.2, 0.25) is 0 Å². The van der Waals surface area contributed by atoms with Gasteiger partial charge in [-0.05, 0) is 63.5 Å². The summed E-state index contributed by atoms with van der Waals surface area (Å²) in [6.07, 6.45) is 10.3. The highest BCUT2D eigenvalue weighted by atomic mass is 16.7. The van der Waals surface area contributed by atoms with Gasteiger partial charge in [0.05, 0.1) is 34.8 Å². The molecule has 4 N–H and O–H groups in total. The van der Waals surface area contributed by atoms with Crippen molar-refractivity contribution in [3.63, 3.8) is 0 Å². The number of methoxy groups -OCH3 is 1. The number of aliphatic hydroxyl groups excluding tert-OH is 1. The molecular formula is C48H64N4O10. The summed E-state index contributed by atoms with van der Waals surface area (Å²) < 4.78 is 24.3. The highest BCUT2D eigenvalue weighted by Gasteiger charge is 2.52. The second-order valence-corrected chi connectivity index (χ2v) is 18.7. The van der Waals surface area contributed by atoms with Crippen molar-refractivity contribution in [2.75, 3.05) is 19.0 Å². The van der Waals surface area contributed by atoms with E-state index >= 15 is 0 Å². The molecule has 1 amide bonds. The van der Waals surface area contributed by atoms with Gasteiger partial charge in [-0.15, -0.1) is 0 Å². The third-order valence-electron chi connectivity index (χ3n) is 14.6. The maximum atomic E-state index is 14.8. The number of amides is 1. The van der Waals surface area contributed by atoms with Gasteiger partial charge in [0.1, 0.15) is 28.6 Å². The maximum absolute atomic E-state index is 14.8. The SMILES string of the molecule is CCCN1C2CCC1CC1(C2)N=c2c3c(O)c4c(O)c(C)c5c(c4c2=N1)C(=O)[C@@](C)(O/C=C/[C@H](OC)[C@@H](C)[C@@H](OC(C)=O)[C@H](C)[C@H](O)[C@H](C)[C@@H](C)[C@@H](C)/C=C/C=C(/C)C(=O)N3)O5. The Morgan fingerprint density at radius 1 is 0.952 bits per heavy atom. The minimum Gasteiger partial charge on any atom is -0.507 e. The van der Waals surface area contributed by atoms with Gasteiger partial charge < -0.3 is 39.6 Å². The number of fused-ring (bicyclic) bond motifs is 3. The normalized spacial score (nSPS) is 36.9. The average molecular weight is 857 g/mol. The fourth-order valence-corrected chi connectivity index (χ4v) is 10.6.